The monoisotopic (exact) mass is 485 g/mol. The van der Waals surface area contributed by atoms with Crippen molar-refractivity contribution in [2.75, 3.05) is 41.5 Å². The lowest BCUT2D eigenvalue weighted by molar-refractivity contribution is 0.310. The number of fused-ring (bicyclic) bond motifs is 2. The van der Waals surface area contributed by atoms with E-state index >= 15 is 0 Å². The average Bonchev–Trinajstić information content (AvgIpc) is 2.80. The van der Waals surface area contributed by atoms with Crippen LogP contribution in [0.25, 0.3) is 0 Å². The van der Waals surface area contributed by atoms with Gasteiger partial charge in [0.25, 0.3) is 0 Å². The largest absolute Gasteiger partial charge is 0.474 e. The van der Waals surface area contributed by atoms with Crippen molar-refractivity contribution >= 4 is 32.8 Å². The van der Waals surface area contributed by atoms with Gasteiger partial charge in [-0.15, -0.1) is 0 Å². The fraction of sp³-hybridized carbons (Fsp3) is 0.364. The summed E-state index contributed by atoms with van der Waals surface area (Å²) >= 11 is 0. The van der Waals surface area contributed by atoms with Crippen molar-refractivity contribution in [2.45, 2.75) is 25.6 Å². The van der Waals surface area contributed by atoms with E-state index in [4.69, 9.17) is 4.74 Å². The number of hydrogen-bond acceptors (Lipinski definition) is 10. The molecule has 0 aliphatic carbocycles. The molecule has 5 heterocycles. The summed E-state index contributed by atoms with van der Waals surface area (Å²) in [5.74, 6) is -0.271. The molecular weight excluding hydrogens is 461 g/mol. The maximum atomic E-state index is 14.5. The first-order valence-electron chi connectivity index (χ1n) is 10.8. The molecule has 0 spiro atoms. The molecule has 34 heavy (non-hydrogen) atoms. The Kier molecular flexibility index (Phi) is 5.68. The van der Waals surface area contributed by atoms with Crippen LogP contribution in [0.1, 0.15) is 22.5 Å². The van der Waals surface area contributed by atoms with E-state index in [1.54, 1.807) is 6.20 Å². The lowest BCUT2D eigenvalue weighted by Gasteiger charge is -2.32. The van der Waals surface area contributed by atoms with Crippen LogP contribution in [-0.2, 0) is 28.6 Å². The molecule has 2 aliphatic rings. The lowest BCUT2D eigenvalue weighted by Crippen LogP contribution is -2.32. The summed E-state index contributed by atoms with van der Waals surface area (Å²) in [5, 5.41) is 6.22. The maximum Gasteiger partial charge on any atom is 0.237 e. The molecule has 178 valence electrons. The van der Waals surface area contributed by atoms with Gasteiger partial charge < -0.3 is 20.3 Å². The maximum absolute atomic E-state index is 14.5. The molecule has 10 nitrogen and oxygen atoms in total. The summed E-state index contributed by atoms with van der Waals surface area (Å²) in [4.78, 5) is 19.3. The van der Waals surface area contributed by atoms with E-state index in [1.165, 1.54) is 12.1 Å². The van der Waals surface area contributed by atoms with E-state index in [0.717, 1.165) is 54.0 Å². The molecule has 2 N–H and O–H groups in total. The first kappa shape index (κ1) is 22.3. The van der Waals surface area contributed by atoms with Gasteiger partial charge in [-0.2, -0.15) is 4.39 Å². The predicted molar refractivity (Wildman–Crippen MR) is 126 cm³/mol. The zero-order valence-corrected chi connectivity index (χ0v) is 19.6. The van der Waals surface area contributed by atoms with E-state index < -0.39 is 15.8 Å². The first-order chi connectivity index (χ1) is 16.3. The second-order valence-corrected chi connectivity index (χ2v) is 10.5. The normalized spacial score (nSPS) is 15.1. The van der Waals surface area contributed by atoms with Gasteiger partial charge in [-0.3, -0.25) is 0 Å². The smallest absolute Gasteiger partial charge is 0.237 e. The number of sulfone groups is 1. The van der Waals surface area contributed by atoms with Gasteiger partial charge in [0, 0.05) is 31.1 Å². The molecule has 5 rings (SSSR count). The molecule has 0 fully saturated rings. The molecule has 0 bridgehead atoms. The summed E-state index contributed by atoms with van der Waals surface area (Å²) in [6.45, 7) is 4.74. The minimum atomic E-state index is -3.31. The molecule has 0 saturated heterocycles. The highest BCUT2D eigenvalue weighted by Gasteiger charge is 2.24. The third kappa shape index (κ3) is 4.58. The molecule has 0 aromatic carbocycles. The Balaban J connectivity index is 1.36. The van der Waals surface area contributed by atoms with Gasteiger partial charge in [0.05, 0.1) is 41.3 Å². The van der Waals surface area contributed by atoms with Crippen LogP contribution in [-0.4, -0.2) is 54.3 Å². The van der Waals surface area contributed by atoms with Crippen LogP contribution in [0.3, 0.4) is 0 Å². The van der Waals surface area contributed by atoms with Crippen LogP contribution in [0.15, 0.2) is 24.5 Å². The zero-order chi connectivity index (χ0) is 23.9. The molecule has 3 aromatic rings. The minimum absolute atomic E-state index is 0.0747. The van der Waals surface area contributed by atoms with Crippen LogP contribution in [0.5, 0.6) is 5.88 Å². The fourth-order valence-electron chi connectivity index (χ4n) is 4.13. The highest BCUT2D eigenvalue weighted by Crippen LogP contribution is 2.36. The van der Waals surface area contributed by atoms with Crippen LogP contribution >= 0.6 is 0 Å². The van der Waals surface area contributed by atoms with Gasteiger partial charge in [0.2, 0.25) is 17.8 Å². The van der Waals surface area contributed by atoms with Crippen molar-refractivity contribution in [1.82, 2.24) is 19.9 Å². The number of nitrogens with zero attached hydrogens (tertiary/aromatic N) is 5. The fourth-order valence-corrected chi connectivity index (χ4v) is 4.83. The number of nitrogens with one attached hydrogen (secondary N) is 2. The van der Waals surface area contributed by atoms with E-state index in [9.17, 15) is 12.8 Å². The van der Waals surface area contributed by atoms with E-state index in [0.29, 0.717) is 19.0 Å². The number of rotatable bonds is 5. The van der Waals surface area contributed by atoms with Crippen LogP contribution in [0.2, 0.25) is 0 Å². The highest BCUT2D eigenvalue weighted by atomic mass is 32.2. The Bertz CT molecular complexity index is 1370. The summed E-state index contributed by atoms with van der Waals surface area (Å²) in [7, 11) is -3.31. The summed E-state index contributed by atoms with van der Waals surface area (Å²) < 4.78 is 42.9. The molecular formula is C22H24FN7O3S. The van der Waals surface area contributed by atoms with Gasteiger partial charge in [-0.1, -0.05) is 0 Å². The zero-order valence-electron chi connectivity index (χ0n) is 18.8. The van der Waals surface area contributed by atoms with Crippen molar-refractivity contribution in [1.29, 1.82) is 0 Å². The molecule has 0 unspecified atom stereocenters. The third-order valence-electron chi connectivity index (χ3n) is 5.77. The van der Waals surface area contributed by atoms with Crippen molar-refractivity contribution in [3.05, 3.63) is 53.0 Å². The van der Waals surface area contributed by atoms with Crippen molar-refractivity contribution in [2.24, 2.45) is 0 Å². The van der Waals surface area contributed by atoms with E-state index in [-0.39, 0.29) is 23.1 Å². The van der Waals surface area contributed by atoms with Crippen LogP contribution in [0, 0.1) is 12.9 Å². The van der Waals surface area contributed by atoms with Gasteiger partial charge in [0.15, 0.2) is 9.84 Å². The third-order valence-corrected chi connectivity index (χ3v) is 6.59. The summed E-state index contributed by atoms with van der Waals surface area (Å²) in [6, 6.07) is 2.91. The van der Waals surface area contributed by atoms with E-state index in [2.05, 4.69) is 35.5 Å². The van der Waals surface area contributed by atoms with Gasteiger partial charge in [-0.05, 0) is 31.0 Å². The lowest BCUT2D eigenvalue weighted by atomic mass is 10.0. The van der Waals surface area contributed by atoms with Gasteiger partial charge in [-0.25, -0.2) is 28.4 Å². The molecule has 12 heteroatoms. The second-order valence-electron chi connectivity index (χ2n) is 8.40. The number of anilines is 4. The van der Waals surface area contributed by atoms with Crippen LogP contribution in [0.4, 0.5) is 27.4 Å². The van der Waals surface area contributed by atoms with Gasteiger partial charge >= 0.3 is 0 Å². The Morgan fingerprint density at radius 3 is 2.88 bits per heavy atom. The Morgan fingerprint density at radius 2 is 2.09 bits per heavy atom. The number of pyridine rings is 2. The summed E-state index contributed by atoms with van der Waals surface area (Å²) in [5.41, 5.74) is 5.09. The number of hydrogen-bond donors (Lipinski definition) is 2. The van der Waals surface area contributed by atoms with E-state index in [1.807, 2.05) is 13.1 Å². The average molecular weight is 486 g/mol. The molecule has 2 aliphatic heterocycles. The molecule has 0 amide bonds. The standard InChI is InChI=1S/C22H24FN7O3S/c1-13-18(10-25-21-19(13)24-6-8-33-21)30-7-5-14-9-26-22(29-17(14)11-30)28-16-4-3-15(27-20(16)23)12-34(2,31)32/h3-4,9-10,24H,5-8,11-12H2,1-2H3,(H,26,28,29). The molecule has 0 saturated carbocycles. The predicted octanol–water partition coefficient (Wildman–Crippen LogP) is 2.37. The van der Waals surface area contributed by atoms with Crippen molar-refractivity contribution in [3.8, 4) is 5.88 Å². The van der Waals surface area contributed by atoms with Crippen LogP contribution < -0.4 is 20.3 Å². The first-order valence-corrected chi connectivity index (χ1v) is 12.9. The van der Waals surface area contributed by atoms with Crippen molar-refractivity contribution < 1.29 is 17.5 Å². The molecule has 3 aromatic heterocycles. The Morgan fingerprint density at radius 1 is 1.24 bits per heavy atom. The Hall–Kier alpha value is -3.54. The SMILES string of the molecule is Cc1c(N2CCc3cnc(Nc4ccc(CS(C)(=O)=O)nc4F)nc3C2)cnc2c1NCCO2. The molecule has 0 atom stereocenters. The summed E-state index contributed by atoms with van der Waals surface area (Å²) in [6.07, 6.45) is 5.42. The second kappa shape index (κ2) is 8.67. The number of halogens is 1. The quantitative estimate of drug-likeness (QED) is 0.521. The van der Waals surface area contributed by atoms with Crippen molar-refractivity contribution in [3.63, 3.8) is 0 Å². The number of ether oxygens (including phenoxy) is 1. The Labute approximate surface area is 196 Å². The number of aromatic nitrogens is 4. The minimum Gasteiger partial charge on any atom is -0.474 e. The highest BCUT2D eigenvalue weighted by molar-refractivity contribution is 7.89. The van der Waals surface area contributed by atoms with Gasteiger partial charge in [0.1, 0.15) is 12.3 Å². The topological polar surface area (TPSA) is 122 Å². The molecule has 0 radical (unpaired) electrons.